The van der Waals surface area contributed by atoms with Crippen LogP contribution in [-0.4, -0.2) is 41.3 Å². The number of aliphatic carboxylic acids is 1. The summed E-state index contributed by atoms with van der Waals surface area (Å²) < 4.78 is 5.57. The fourth-order valence-electron chi connectivity index (χ4n) is 5.07. The zero-order valence-corrected chi connectivity index (χ0v) is 19.7. The first-order valence-electron chi connectivity index (χ1n) is 11.9. The van der Waals surface area contributed by atoms with Crippen LogP contribution in [0.5, 0.6) is 0 Å². The topological polar surface area (TPSA) is 105 Å². The smallest absolute Gasteiger partial charge is 0.408 e. The van der Waals surface area contributed by atoms with Gasteiger partial charge in [0.1, 0.15) is 12.1 Å². The van der Waals surface area contributed by atoms with Crippen LogP contribution in [0.4, 0.5) is 4.79 Å². The third kappa shape index (κ3) is 4.93. The molecule has 1 saturated carbocycles. The van der Waals surface area contributed by atoms with Gasteiger partial charge in [0, 0.05) is 12.0 Å². The summed E-state index contributed by atoms with van der Waals surface area (Å²) in [5.74, 6) is -2.00. The maximum atomic E-state index is 13.0. The monoisotopic (exact) mass is 464 g/mol. The summed E-state index contributed by atoms with van der Waals surface area (Å²) >= 11 is 0. The summed E-state index contributed by atoms with van der Waals surface area (Å²) in [5, 5.41) is 15.1. The molecule has 0 aromatic heterocycles. The largest absolute Gasteiger partial charge is 0.481 e. The van der Waals surface area contributed by atoms with E-state index in [0.29, 0.717) is 12.8 Å². The van der Waals surface area contributed by atoms with Gasteiger partial charge in [-0.15, -0.1) is 0 Å². The van der Waals surface area contributed by atoms with Crippen molar-refractivity contribution in [1.29, 1.82) is 0 Å². The minimum absolute atomic E-state index is 0.0718. The van der Waals surface area contributed by atoms with Crippen LogP contribution in [-0.2, 0) is 14.3 Å². The van der Waals surface area contributed by atoms with E-state index >= 15 is 0 Å². The third-order valence-corrected chi connectivity index (χ3v) is 6.98. The molecule has 0 radical (unpaired) electrons. The van der Waals surface area contributed by atoms with E-state index in [9.17, 15) is 19.5 Å². The van der Waals surface area contributed by atoms with E-state index in [1.54, 1.807) is 13.8 Å². The van der Waals surface area contributed by atoms with E-state index in [2.05, 4.69) is 22.8 Å². The first-order valence-corrected chi connectivity index (χ1v) is 11.9. The molecular weight excluding hydrogens is 432 g/mol. The molecule has 0 unspecified atom stereocenters. The number of carbonyl (C=O) groups is 3. The first-order chi connectivity index (χ1) is 16.3. The molecule has 2 aliphatic carbocycles. The van der Waals surface area contributed by atoms with Gasteiger partial charge in [-0.1, -0.05) is 67.8 Å². The van der Waals surface area contributed by atoms with Crippen molar-refractivity contribution >= 4 is 18.0 Å². The van der Waals surface area contributed by atoms with Gasteiger partial charge in [0.05, 0.1) is 5.92 Å². The van der Waals surface area contributed by atoms with Gasteiger partial charge >= 0.3 is 12.1 Å². The molecule has 2 aromatic rings. The Morgan fingerprint density at radius 3 is 2.15 bits per heavy atom. The lowest BCUT2D eigenvalue weighted by Gasteiger charge is -2.30. The van der Waals surface area contributed by atoms with Crippen molar-refractivity contribution < 1.29 is 24.2 Å². The van der Waals surface area contributed by atoms with E-state index in [4.69, 9.17) is 4.74 Å². The van der Waals surface area contributed by atoms with Gasteiger partial charge in [-0.3, -0.25) is 9.59 Å². The lowest BCUT2D eigenvalue weighted by molar-refractivity contribution is -0.143. The molecule has 0 spiro atoms. The summed E-state index contributed by atoms with van der Waals surface area (Å²) in [6, 6.07) is 15.7. The highest BCUT2D eigenvalue weighted by Crippen LogP contribution is 2.44. The number of hydrogen-bond acceptors (Lipinski definition) is 4. The number of hydrogen-bond donors (Lipinski definition) is 3. The Morgan fingerprint density at radius 2 is 1.53 bits per heavy atom. The second-order valence-electron chi connectivity index (χ2n) is 9.74. The number of carbonyl (C=O) groups excluding carboxylic acids is 2. The molecule has 180 valence electrons. The molecule has 4 rings (SSSR count). The molecule has 0 bridgehead atoms. The predicted octanol–water partition coefficient (Wildman–Crippen LogP) is 4.45. The predicted molar refractivity (Wildman–Crippen MR) is 128 cm³/mol. The van der Waals surface area contributed by atoms with Crippen LogP contribution in [0.25, 0.3) is 11.1 Å². The number of fused-ring (bicyclic) bond motifs is 3. The van der Waals surface area contributed by atoms with E-state index < -0.39 is 35.5 Å². The molecule has 34 heavy (non-hydrogen) atoms. The van der Waals surface area contributed by atoms with E-state index in [-0.39, 0.29) is 12.5 Å². The summed E-state index contributed by atoms with van der Waals surface area (Å²) in [4.78, 5) is 37.3. The molecule has 1 fully saturated rings. The Kier molecular flexibility index (Phi) is 6.91. The molecule has 2 atom stereocenters. The van der Waals surface area contributed by atoms with Crippen molar-refractivity contribution in [1.82, 2.24) is 10.6 Å². The van der Waals surface area contributed by atoms with Crippen molar-refractivity contribution in [2.75, 3.05) is 6.61 Å². The van der Waals surface area contributed by atoms with Crippen LogP contribution >= 0.6 is 0 Å². The van der Waals surface area contributed by atoms with E-state index in [1.165, 1.54) is 0 Å². The van der Waals surface area contributed by atoms with E-state index in [1.807, 2.05) is 36.4 Å². The zero-order chi connectivity index (χ0) is 24.3. The maximum Gasteiger partial charge on any atom is 0.408 e. The molecule has 0 saturated heterocycles. The molecule has 0 heterocycles. The number of nitrogens with one attached hydrogen (secondary N) is 2. The number of carboxylic acid groups (broad SMARTS) is 1. The lowest BCUT2D eigenvalue weighted by Crippen LogP contribution is -2.58. The van der Waals surface area contributed by atoms with Crippen molar-refractivity contribution in [3.63, 3.8) is 0 Å². The van der Waals surface area contributed by atoms with Crippen LogP contribution in [0.15, 0.2) is 48.5 Å². The molecule has 2 aliphatic rings. The van der Waals surface area contributed by atoms with Crippen LogP contribution in [0.1, 0.15) is 63.0 Å². The molecular formula is C27H32N2O5. The Labute approximate surface area is 199 Å². The third-order valence-electron chi connectivity index (χ3n) is 6.98. The Balaban J connectivity index is 1.38. The van der Waals surface area contributed by atoms with Gasteiger partial charge in [0.25, 0.3) is 0 Å². The highest BCUT2D eigenvalue weighted by molar-refractivity contribution is 5.89. The average Bonchev–Trinajstić information content (AvgIpc) is 2.93. The van der Waals surface area contributed by atoms with Crippen molar-refractivity contribution in [3.05, 3.63) is 59.7 Å². The number of carboxylic acids is 1. The summed E-state index contributed by atoms with van der Waals surface area (Å²) in [5.41, 5.74) is 3.26. The molecule has 7 heteroatoms. The molecule has 7 nitrogen and oxygen atoms in total. The standard InChI is InChI=1S/C27H32N2O5/c1-27(2,25(32)28-23-15-5-3-4-14-21(23)24(30)31)29-26(33)34-16-22-19-12-8-6-10-17(19)18-11-7-9-13-20(18)22/h6-13,21-23H,3-5,14-16H2,1-2H3,(H,28,32)(H,29,33)(H,30,31)/t21-,23+/m0/s1. The summed E-state index contributed by atoms with van der Waals surface area (Å²) in [6.45, 7) is 3.34. The van der Waals surface area contributed by atoms with Gasteiger partial charge in [-0.25, -0.2) is 4.79 Å². The number of amides is 2. The Hall–Kier alpha value is -3.35. The van der Waals surface area contributed by atoms with E-state index in [0.717, 1.165) is 41.5 Å². The van der Waals surface area contributed by atoms with Crippen LogP contribution in [0.2, 0.25) is 0 Å². The normalized spacial score (nSPS) is 19.9. The highest BCUT2D eigenvalue weighted by Gasteiger charge is 2.37. The Bertz CT molecular complexity index is 1030. The maximum absolute atomic E-state index is 13.0. The van der Waals surface area contributed by atoms with Gasteiger partial charge in [0.2, 0.25) is 5.91 Å². The lowest BCUT2D eigenvalue weighted by atomic mass is 9.93. The summed E-state index contributed by atoms with van der Waals surface area (Å²) in [6.07, 6.45) is 3.14. The van der Waals surface area contributed by atoms with Crippen molar-refractivity contribution in [3.8, 4) is 11.1 Å². The van der Waals surface area contributed by atoms with Gasteiger partial charge < -0.3 is 20.5 Å². The minimum Gasteiger partial charge on any atom is -0.481 e. The molecule has 2 aromatic carbocycles. The van der Waals surface area contributed by atoms with Crippen LogP contribution in [0, 0.1) is 5.92 Å². The van der Waals surface area contributed by atoms with Crippen molar-refractivity contribution in [2.24, 2.45) is 5.92 Å². The van der Waals surface area contributed by atoms with Gasteiger partial charge in [-0.05, 0) is 48.9 Å². The fourth-order valence-corrected chi connectivity index (χ4v) is 5.07. The van der Waals surface area contributed by atoms with Crippen molar-refractivity contribution in [2.45, 2.75) is 63.5 Å². The summed E-state index contributed by atoms with van der Waals surface area (Å²) in [7, 11) is 0. The number of alkyl carbamates (subject to hydrolysis) is 1. The number of ether oxygens (including phenoxy) is 1. The van der Waals surface area contributed by atoms with Crippen LogP contribution in [0.3, 0.4) is 0 Å². The minimum atomic E-state index is -1.25. The zero-order valence-electron chi connectivity index (χ0n) is 19.7. The number of rotatable bonds is 6. The van der Waals surface area contributed by atoms with Crippen LogP contribution < -0.4 is 10.6 Å². The second-order valence-corrected chi connectivity index (χ2v) is 9.74. The molecule has 3 N–H and O–H groups in total. The quantitative estimate of drug-likeness (QED) is 0.548. The average molecular weight is 465 g/mol. The first kappa shape index (κ1) is 23.8. The Morgan fingerprint density at radius 1 is 0.941 bits per heavy atom. The molecule has 0 aliphatic heterocycles. The SMILES string of the molecule is CC(C)(NC(=O)OCC1c2ccccc2-c2ccccc21)C(=O)N[C@@H]1CCCCC[C@@H]1C(=O)O. The molecule has 2 amide bonds. The van der Waals surface area contributed by atoms with Gasteiger partial charge in [-0.2, -0.15) is 0 Å². The van der Waals surface area contributed by atoms with Gasteiger partial charge in [0.15, 0.2) is 0 Å². The highest BCUT2D eigenvalue weighted by atomic mass is 16.5. The second kappa shape index (κ2) is 9.87. The number of benzene rings is 2. The fraction of sp³-hybridized carbons (Fsp3) is 0.444.